The molecule has 84 valence electrons. The molecule has 0 radical (unpaired) electrons. The molecule has 1 rings (SSSR count). The van der Waals surface area contributed by atoms with Gasteiger partial charge in [0.1, 0.15) is 0 Å². The predicted octanol–water partition coefficient (Wildman–Crippen LogP) is 1.41. The van der Waals surface area contributed by atoms with E-state index < -0.39 is 0 Å². The summed E-state index contributed by atoms with van der Waals surface area (Å²) in [6.07, 6.45) is 0. The van der Waals surface area contributed by atoms with Gasteiger partial charge in [-0.1, -0.05) is 0 Å². The molecular weight excluding hydrogens is 220 g/mol. The summed E-state index contributed by atoms with van der Waals surface area (Å²) in [5.74, 6) is 0. The van der Waals surface area contributed by atoms with E-state index in [2.05, 4.69) is 12.1 Å². The van der Waals surface area contributed by atoms with Crippen LogP contribution in [0.25, 0.3) is 0 Å². The average molecular weight is 234 g/mol. The predicted molar refractivity (Wildman–Crippen MR) is 63.7 cm³/mol. The van der Waals surface area contributed by atoms with E-state index in [9.17, 15) is 0 Å². The van der Waals surface area contributed by atoms with Gasteiger partial charge in [0.15, 0.2) is 0 Å². The van der Waals surface area contributed by atoms with Gasteiger partial charge in [-0.3, -0.25) is 4.90 Å². The smallest absolute Gasteiger partial charge is 0.0880 e. The number of nitrogens with zero attached hydrogens (tertiary/aromatic N) is 3. The maximum absolute atomic E-state index is 8.72. The van der Waals surface area contributed by atoms with Crippen LogP contribution in [0.4, 0.5) is 0 Å². The summed E-state index contributed by atoms with van der Waals surface area (Å²) in [6, 6.07) is 8.15. The van der Waals surface area contributed by atoms with Crippen LogP contribution in [0.1, 0.15) is 15.8 Å². The maximum atomic E-state index is 8.72. The fourth-order valence-corrected chi connectivity index (χ4v) is 2.56. The van der Waals surface area contributed by atoms with Gasteiger partial charge in [0.05, 0.1) is 31.3 Å². The zero-order valence-electron chi connectivity index (χ0n) is 9.18. The number of aryl methyl sites for hydroxylation is 1. The molecule has 1 heterocycles. The van der Waals surface area contributed by atoms with E-state index in [1.54, 1.807) is 16.2 Å². The molecule has 1 atom stereocenters. The van der Waals surface area contributed by atoms with E-state index in [4.69, 9.17) is 16.3 Å². The lowest BCUT2D eigenvalue weighted by atomic mass is 10.2. The number of rotatable bonds is 5. The summed E-state index contributed by atoms with van der Waals surface area (Å²) >= 11 is 1.66. The Morgan fingerprint density at radius 2 is 2.00 bits per heavy atom. The molecule has 1 aromatic heterocycles. The fraction of sp³-hybridized carbons (Fsp3) is 0.455. The summed E-state index contributed by atoms with van der Waals surface area (Å²) in [4.78, 5) is 4.12. The van der Waals surface area contributed by atoms with Crippen molar-refractivity contribution in [2.45, 2.75) is 13.0 Å². The minimum Gasteiger partial charge on any atom is -0.329 e. The van der Waals surface area contributed by atoms with Gasteiger partial charge in [0.2, 0.25) is 0 Å². The lowest BCUT2D eigenvalue weighted by molar-refractivity contribution is 0.257. The van der Waals surface area contributed by atoms with Gasteiger partial charge in [-0.15, -0.1) is 11.3 Å². The van der Waals surface area contributed by atoms with Crippen LogP contribution in [0.2, 0.25) is 0 Å². The molecule has 16 heavy (non-hydrogen) atoms. The third-order valence-corrected chi connectivity index (χ3v) is 3.40. The summed E-state index contributed by atoms with van der Waals surface area (Å²) in [7, 11) is 0. The van der Waals surface area contributed by atoms with Crippen LogP contribution in [0, 0.1) is 29.6 Å². The number of thiophene rings is 1. The van der Waals surface area contributed by atoms with E-state index in [1.807, 2.05) is 19.1 Å². The van der Waals surface area contributed by atoms with Crippen LogP contribution in [0.15, 0.2) is 12.1 Å². The van der Waals surface area contributed by atoms with E-state index in [0.717, 1.165) is 4.88 Å². The summed E-state index contributed by atoms with van der Waals surface area (Å²) in [6.45, 7) is 2.91. The second-order valence-corrected chi connectivity index (χ2v) is 4.74. The topological polar surface area (TPSA) is 76.8 Å². The Labute approximate surface area is 99.5 Å². The van der Waals surface area contributed by atoms with Gasteiger partial charge in [0.25, 0.3) is 0 Å². The average Bonchev–Trinajstić information content (AvgIpc) is 2.67. The molecule has 4 nitrogen and oxygen atoms in total. The Bertz CT molecular complexity index is 396. The summed E-state index contributed by atoms with van der Waals surface area (Å²) in [5.41, 5.74) is 5.72. The first-order chi connectivity index (χ1) is 7.72. The molecule has 0 aromatic carbocycles. The normalized spacial score (nSPS) is 12.1. The van der Waals surface area contributed by atoms with Crippen molar-refractivity contribution in [1.82, 2.24) is 4.90 Å². The largest absolute Gasteiger partial charge is 0.329 e. The first-order valence-corrected chi connectivity index (χ1v) is 5.79. The van der Waals surface area contributed by atoms with E-state index in [-0.39, 0.29) is 19.1 Å². The Hall–Kier alpha value is -1.40. The van der Waals surface area contributed by atoms with Gasteiger partial charge >= 0.3 is 0 Å². The van der Waals surface area contributed by atoms with Crippen molar-refractivity contribution in [3.63, 3.8) is 0 Å². The molecule has 0 aliphatic heterocycles. The van der Waals surface area contributed by atoms with Crippen molar-refractivity contribution in [3.05, 3.63) is 21.9 Å². The van der Waals surface area contributed by atoms with Crippen LogP contribution < -0.4 is 5.73 Å². The molecule has 1 aromatic rings. The second-order valence-electron chi connectivity index (χ2n) is 3.42. The van der Waals surface area contributed by atoms with Crippen LogP contribution in [0.3, 0.4) is 0 Å². The monoisotopic (exact) mass is 234 g/mol. The van der Waals surface area contributed by atoms with Crippen LogP contribution in [-0.2, 0) is 0 Å². The van der Waals surface area contributed by atoms with Crippen LogP contribution in [0.5, 0.6) is 0 Å². The maximum Gasteiger partial charge on any atom is 0.0880 e. The van der Waals surface area contributed by atoms with Crippen molar-refractivity contribution >= 4 is 11.3 Å². The van der Waals surface area contributed by atoms with Crippen molar-refractivity contribution in [1.29, 1.82) is 10.5 Å². The van der Waals surface area contributed by atoms with Gasteiger partial charge in [-0.05, 0) is 19.1 Å². The number of hydrogen-bond donors (Lipinski definition) is 1. The molecule has 0 aliphatic rings. The van der Waals surface area contributed by atoms with E-state index >= 15 is 0 Å². The molecule has 5 heteroatoms. The first kappa shape index (κ1) is 12.7. The first-order valence-electron chi connectivity index (χ1n) is 4.97. The SMILES string of the molecule is Cc1ccc(C(CN)N(CC#N)CC#N)s1. The molecule has 0 amide bonds. The minimum absolute atomic E-state index is 0.0296. The van der Waals surface area contributed by atoms with E-state index in [1.165, 1.54) is 4.88 Å². The Kier molecular flexibility index (Phi) is 4.94. The molecule has 1 unspecified atom stereocenters. The lowest BCUT2D eigenvalue weighted by Gasteiger charge is -2.25. The molecule has 0 saturated heterocycles. The molecule has 0 fully saturated rings. The molecule has 0 spiro atoms. The Morgan fingerprint density at radius 1 is 1.38 bits per heavy atom. The zero-order chi connectivity index (χ0) is 12.0. The van der Waals surface area contributed by atoms with Crippen molar-refractivity contribution in [2.24, 2.45) is 5.73 Å². The number of nitrogens with two attached hydrogens (primary N) is 1. The molecule has 2 N–H and O–H groups in total. The van der Waals surface area contributed by atoms with Crippen molar-refractivity contribution < 1.29 is 0 Å². The minimum atomic E-state index is -0.0296. The zero-order valence-corrected chi connectivity index (χ0v) is 10.00. The van der Waals surface area contributed by atoms with Gasteiger partial charge in [-0.25, -0.2) is 0 Å². The van der Waals surface area contributed by atoms with Crippen LogP contribution >= 0.6 is 11.3 Å². The van der Waals surface area contributed by atoms with Gasteiger partial charge in [-0.2, -0.15) is 10.5 Å². The van der Waals surface area contributed by atoms with Crippen molar-refractivity contribution in [2.75, 3.05) is 19.6 Å². The van der Waals surface area contributed by atoms with Crippen molar-refractivity contribution in [3.8, 4) is 12.1 Å². The number of nitriles is 2. The third-order valence-electron chi connectivity index (χ3n) is 2.30. The van der Waals surface area contributed by atoms with Gasteiger partial charge < -0.3 is 5.73 Å². The quantitative estimate of drug-likeness (QED) is 0.781. The highest BCUT2D eigenvalue weighted by molar-refractivity contribution is 7.12. The fourth-order valence-electron chi connectivity index (χ4n) is 1.54. The molecule has 0 aliphatic carbocycles. The Morgan fingerprint density at radius 3 is 2.38 bits per heavy atom. The summed E-state index contributed by atoms with van der Waals surface area (Å²) < 4.78 is 0. The second kappa shape index (κ2) is 6.24. The van der Waals surface area contributed by atoms with Crippen LogP contribution in [-0.4, -0.2) is 24.5 Å². The third kappa shape index (κ3) is 3.04. The highest BCUT2D eigenvalue weighted by atomic mass is 32.1. The van der Waals surface area contributed by atoms with E-state index in [0.29, 0.717) is 6.54 Å². The Balaban J connectivity index is 2.87. The highest BCUT2D eigenvalue weighted by Gasteiger charge is 2.19. The summed E-state index contributed by atoms with van der Waals surface area (Å²) in [5, 5.41) is 17.4. The standard InChI is InChI=1S/C11H14N4S/c1-9-2-3-11(16-9)10(8-14)15(6-4-12)7-5-13/h2-3,10H,6-8,14H2,1H3. The molecule has 0 saturated carbocycles. The molecular formula is C11H14N4S. The van der Waals surface area contributed by atoms with Gasteiger partial charge in [0, 0.05) is 16.3 Å². The lowest BCUT2D eigenvalue weighted by Crippen LogP contribution is -2.34. The molecule has 0 bridgehead atoms. The number of hydrogen-bond acceptors (Lipinski definition) is 5. The highest BCUT2D eigenvalue weighted by Crippen LogP contribution is 2.26.